The van der Waals surface area contributed by atoms with Gasteiger partial charge in [0, 0.05) is 24.5 Å². The van der Waals surface area contributed by atoms with Crippen LogP contribution in [0.2, 0.25) is 0 Å². The summed E-state index contributed by atoms with van der Waals surface area (Å²) >= 11 is 0. The third-order valence-electron chi connectivity index (χ3n) is 8.69. The zero-order chi connectivity index (χ0) is 23.4. The van der Waals surface area contributed by atoms with Gasteiger partial charge in [-0.3, -0.25) is 14.5 Å². The molecule has 1 aromatic heterocycles. The highest BCUT2D eigenvalue weighted by molar-refractivity contribution is 5.88. The van der Waals surface area contributed by atoms with Gasteiger partial charge >= 0.3 is 0 Å². The first-order chi connectivity index (χ1) is 16.5. The van der Waals surface area contributed by atoms with E-state index in [-0.39, 0.29) is 30.0 Å². The fourth-order valence-corrected chi connectivity index (χ4v) is 7.25. The van der Waals surface area contributed by atoms with E-state index in [0.717, 1.165) is 43.1 Å². The first-order valence-electron chi connectivity index (χ1n) is 13.3. The van der Waals surface area contributed by atoms with Crippen LogP contribution in [-0.2, 0) is 11.2 Å². The van der Waals surface area contributed by atoms with Crippen LogP contribution in [0.15, 0.2) is 40.7 Å². The summed E-state index contributed by atoms with van der Waals surface area (Å²) in [6.07, 6.45) is 10.2. The lowest BCUT2D eigenvalue weighted by molar-refractivity contribution is -0.135. The number of hydrogen-bond acceptors (Lipinski definition) is 4. The Morgan fingerprint density at radius 2 is 1.94 bits per heavy atom. The lowest BCUT2D eigenvalue weighted by Crippen LogP contribution is -2.60. The highest BCUT2D eigenvalue weighted by Crippen LogP contribution is 2.45. The molecule has 0 radical (unpaired) electrons. The number of fused-ring (bicyclic) bond motifs is 7. The highest BCUT2D eigenvalue weighted by atomic mass is 16.2. The van der Waals surface area contributed by atoms with Gasteiger partial charge in [-0.05, 0) is 70.4 Å². The molecule has 4 atom stereocenters. The van der Waals surface area contributed by atoms with Gasteiger partial charge in [-0.25, -0.2) is 4.68 Å². The van der Waals surface area contributed by atoms with Crippen molar-refractivity contribution in [3.05, 3.63) is 52.0 Å². The van der Waals surface area contributed by atoms with Gasteiger partial charge in [0.25, 0.3) is 5.56 Å². The van der Waals surface area contributed by atoms with Gasteiger partial charge in [0.05, 0.1) is 29.6 Å². The normalized spacial score (nSPS) is 29.0. The van der Waals surface area contributed by atoms with Crippen LogP contribution in [0, 0.1) is 11.8 Å². The molecule has 0 N–H and O–H groups in total. The van der Waals surface area contributed by atoms with Crippen molar-refractivity contribution in [2.45, 2.75) is 76.9 Å². The number of carbonyl (C=O) groups is 1. The maximum absolute atomic E-state index is 13.8. The van der Waals surface area contributed by atoms with Gasteiger partial charge in [-0.1, -0.05) is 36.3 Å². The van der Waals surface area contributed by atoms with E-state index in [2.05, 4.69) is 21.0 Å². The number of piperidine rings is 3. The van der Waals surface area contributed by atoms with Crippen molar-refractivity contribution >= 4 is 16.7 Å². The summed E-state index contributed by atoms with van der Waals surface area (Å²) in [5.74, 6) is 1.36. The second kappa shape index (κ2) is 8.63. The minimum atomic E-state index is -0.0818. The number of likely N-dealkylation sites (tertiary alicyclic amines) is 1. The standard InChI is InChI=1S/C28H36N4O2/c1-18(2)32-28(34)23-10-4-3-9-22(23)24(29-32)16-26(33)31-13-7-8-19-14-20-15-21(27(19)31)17-30-12-6-5-11-25(20)30/h3-4,9-10,14,18,20-21,25,27H,5-8,11-13,15-17H2,1-2H3/t20-,21+,25-,27-/m0/s1. The smallest absolute Gasteiger partial charge is 0.274 e. The summed E-state index contributed by atoms with van der Waals surface area (Å²) in [6, 6.07) is 8.51. The van der Waals surface area contributed by atoms with E-state index in [4.69, 9.17) is 0 Å². The third kappa shape index (κ3) is 3.62. The molecule has 0 spiro atoms. The Morgan fingerprint density at radius 3 is 2.76 bits per heavy atom. The second-order valence-corrected chi connectivity index (χ2v) is 11.1. The van der Waals surface area contributed by atoms with Gasteiger partial charge in [-0.2, -0.15) is 5.10 Å². The molecule has 180 valence electrons. The minimum Gasteiger partial charge on any atom is -0.335 e. The molecule has 0 unspecified atom stereocenters. The largest absolute Gasteiger partial charge is 0.335 e. The molecule has 3 fully saturated rings. The molecule has 6 heteroatoms. The van der Waals surface area contributed by atoms with E-state index >= 15 is 0 Å². The van der Waals surface area contributed by atoms with E-state index in [0.29, 0.717) is 17.2 Å². The zero-order valence-corrected chi connectivity index (χ0v) is 20.4. The van der Waals surface area contributed by atoms with Gasteiger partial charge < -0.3 is 4.90 Å². The average Bonchev–Trinajstić information content (AvgIpc) is 2.85. The van der Waals surface area contributed by atoms with E-state index in [1.165, 1.54) is 42.5 Å². The minimum absolute atomic E-state index is 0.0505. The Bertz CT molecular complexity index is 1200. The molecule has 34 heavy (non-hydrogen) atoms. The molecule has 3 saturated heterocycles. The van der Waals surface area contributed by atoms with Gasteiger partial charge in [0.2, 0.25) is 5.91 Å². The van der Waals surface area contributed by atoms with Crippen LogP contribution in [0.5, 0.6) is 0 Å². The average molecular weight is 461 g/mol. The van der Waals surface area contributed by atoms with Crippen molar-refractivity contribution in [3.8, 4) is 0 Å². The Balaban J connectivity index is 1.32. The van der Waals surface area contributed by atoms with E-state index in [1.54, 1.807) is 0 Å². The third-order valence-corrected chi connectivity index (χ3v) is 8.69. The number of aromatic nitrogens is 2. The summed E-state index contributed by atoms with van der Waals surface area (Å²) < 4.78 is 1.54. The quantitative estimate of drug-likeness (QED) is 0.651. The Hall–Kier alpha value is -2.47. The Labute approximate surface area is 201 Å². The number of amides is 1. The summed E-state index contributed by atoms with van der Waals surface area (Å²) in [5.41, 5.74) is 2.15. The molecule has 2 bridgehead atoms. The molecule has 6 rings (SSSR count). The van der Waals surface area contributed by atoms with Crippen LogP contribution >= 0.6 is 0 Å². The highest BCUT2D eigenvalue weighted by Gasteiger charge is 2.46. The first-order valence-corrected chi connectivity index (χ1v) is 13.3. The van der Waals surface area contributed by atoms with Crippen LogP contribution in [0.4, 0.5) is 0 Å². The van der Waals surface area contributed by atoms with Crippen LogP contribution < -0.4 is 5.56 Å². The van der Waals surface area contributed by atoms with Crippen molar-refractivity contribution in [1.29, 1.82) is 0 Å². The number of benzene rings is 1. The predicted octanol–water partition coefficient (Wildman–Crippen LogP) is 3.94. The van der Waals surface area contributed by atoms with Gasteiger partial charge in [-0.15, -0.1) is 0 Å². The Morgan fingerprint density at radius 1 is 1.12 bits per heavy atom. The number of nitrogens with zero attached hydrogens (tertiary/aromatic N) is 4. The van der Waals surface area contributed by atoms with Crippen molar-refractivity contribution < 1.29 is 4.79 Å². The first kappa shape index (κ1) is 22.0. The van der Waals surface area contributed by atoms with E-state index in [1.807, 2.05) is 38.1 Å². The maximum Gasteiger partial charge on any atom is 0.274 e. The molecule has 1 aromatic carbocycles. The Kier molecular flexibility index (Phi) is 5.59. The lowest BCUT2D eigenvalue weighted by atomic mass is 9.68. The van der Waals surface area contributed by atoms with Crippen LogP contribution in [0.3, 0.4) is 0 Å². The van der Waals surface area contributed by atoms with Crippen LogP contribution in [-0.4, -0.2) is 57.2 Å². The lowest BCUT2D eigenvalue weighted by Gasteiger charge is -2.54. The van der Waals surface area contributed by atoms with Crippen molar-refractivity contribution in [2.75, 3.05) is 19.6 Å². The molecule has 6 nitrogen and oxygen atoms in total. The van der Waals surface area contributed by atoms with Gasteiger partial charge in [0.15, 0.2) is 0 Å². The van der Waals surface area contributed by atoms with Gasteiger partial charge in [0.1, 0.15) is 0 Å². The summed E-state index contributed by atoms with van der Waals surface area (Å²) in [4.78, 5) is 31.6. The topological polar surface area (TPSA) is 58.4 Å². The second-order valence-electron chi connectivity index (χ2n) is 11.1. The number of carbonyl (C=O) groups excluding carboxylic acids is 1. The molecule has 0 saturated carbocycles. The molecule has 2 aromatic rings. The number of rotatable bonds is 3. The monoisotopic (exact) mass is 460 g/mol. The fraction of sp³-hybridized carbons (Fsp3) is 0.607. The molecule has 1 aliphatic carbocycles. The maximum atomic E-state index is 13.8. The molecule has 1 amide bonds. The summed E-state index contributed by atoms with van der Waals surface area (Å²) in [6.45, 7) is 7.10. The predicted molar refractivity (Wildman–Crippen MR) is 134 cm³/mol. The molecule has 3 aliphatic heterocycles. The number of hydrogen-bond donors (Lipinski definition) is 0. The van der Waals surface area contributed by atoms with Crippen LogP contribution in [0.1, 0.15) is 64.1 Å². The van der Waals surface area contributed by atoms with Crippen molar-refractivity contribution in [1.82, 2.24) is 19.6 Å². The molecule has 4 heterocycles. The molecular weight excluding hydrogens is 424 g/mol. The van der Waals surface area contributed by atoms with Crippen molar-refractivity contribution in [2.24, 2.45) is 11.8 Å². The van der Waals surface area contributed by atoms with E-state index < -0.39 is 0 Å². The van der Waals surface area contributed by atoms with Crippen molar-refractivity contribution in [3.63, 3.8) is 0 Å². The molecular formula is C28H36N4O2. The fourth-order valence-electron chi connectivity index (χ4n) is 7.25. The van der Waals surface area contributed by atoms with Crippen LogP contribution in [0.25, 0.3) is 10.8 Å². The SMILES string of the molecule is CC(C)n1nc(CC(=O)N2CCCC3=C[C@H]4C[C@H](CN5CCCC[C@@H]45)[C@H]32)c2ccccc2c1=O. The summed E-state index contributed by atoms with van der Waals surface area (Å²) in [7, 11) is 0. The zero-order valence-electron chi connectivity index (χ0n) is 20.4. The van der Waals surface area contributed by atoms with E-state index in [9.17, 15) is 9.59 Å². The molecule has 4 aliphatic rings. The summed E-state index contributed by atoms with van der Waals surface area (Å²) in [5, 5.41) is 6.15.